The van der Waals surface area contributed by atoms with Crippen molar-refractivity contribution in [2.24, 2.45) is 5.41 Å². The normalized spacial score (nSPS) is 27.5. The van der Waals surface area contributed by atoms with E-state index in [9.17, 15) is 0 Å². The van der Waals surface area contributed by atoms with E-state index < -0.39 is 0 Å². The van der Waals surface area contributed by atoms with Crippen LogP contribution in [-0.2, 0) is 0 Å². The highest BCUT2D eigenvalue weighted by molar-refractivity contribution is 5.85. The highest BCUT2D eigenvalue weighted by Crippen LogP contribution is 2.50. The summed E-state index contributed by atoms with van der Waals surface area (Å²) in [6.45, 7) is 6.45. The number of halogens is 1. The number of allylic oxidation sites excluding steroid dienone is 1. The number of hydrogen-bond donors (Lipinski definition) is 1. The van der Waals surface area contributed by atoms with Gasteiger partial charge in [0.15, 0.2) is 0 Å². The minimum Gasteiger partial charge on any atom is -0.317 e. The average molecular weight is 174 g/mol. The number of piperidine rings is 1. The fourth-order valence-corrected chi connectivity index (χ4v) is 2.32. The molecule has 0 aromatic rings. The van der Waals surface area contributed by atoms with Crippen molar-refractivity contribution < 1.29 is 0 Å². The summed E-state index contributed by atoms with van der Waals surface area (Å²) in [4.78, 5) is 0. The van der Waals surface area contributed by atoms with Gasteiger partial charge in [0.2, 0.25) is 0 Å². The van der Waals surface area contributed by atoms with E-state index in [0.29, 0.717) is 5.41 Å². The highest BCUT2D eigenvalue weighted by atomic mass is 35.5. The van der Waals surface area contributed by atoms with Gasteiger partial charge in [-0.05, 0) is 44.2 Å². The average Bonchev–Trinajstić information content (AvgIpc) is 1.87. The molecule has 0 amide bonds. The molecule has 1 saturated carbocycles. The van der Waals surface area contributed by atoms with Gasteiger partial charge in [-0.1, -0.05) is 12.2 Å². The molecule has 1 N–H and O–H groups in total. The van der Waals surface area contributed by atoms with Crippen molar-refractivity contribution in [3.05, 3.63) is 12.2 Å². The molecule has 1 nitrogen and oxygen atoms in total. The third-order valence-electron chi connectivity index (χ3n) is 2.91. The van der Waals surface area contributed by atoms with Crippen molar-refractivity contribution in [3.8, 4) is 0 Å². The van der Waals surface area contributed by atoms with E-state index in [1.807, 2.05) is 0 Å². The zero-order valence-electron chi connectivity index (χ0n) is 6.86. The van der Waals surface area contributed by atoms with Gasteiger partial charge in [-0.3, -0.25) is 0 Å². The molecule has 1 aliphatic heterocycles. The molecule has 2 fully saturated rings. The van der Waals surface area contributed by atoms with Gasteiger partial charge in [0.1, 0.15) is 0 Å². The fraction of sp³-hybridized carbons (Fsp3) is 0.778. The Hall–Kier alpha value is -0.0100. The van der Waals surface area contributed by atoms with Crippen molar-refractivity contribution in [1.82, 2.24) is 5.32 Å². The van der Waals surface area contributed by atoms with E-state index in [0.717, 1.165) is 0 Å². The van der Waals surface area contributed by atoms with Crippen LogP contribution in [0.4, 0.5) is 0 Å². The van der Waals surface area contributed by atoms with Gasteiger partial charge in [0.25, 0.3) is 0 Å². The van der Waals surface area contributed by atoms with Gasteiger partial charge in [-0.25, -0.2) is 0 Å². The first-order chi connectivity index (χ1) is 4.81. The van der Waals surface area contributed by atoms with Crippen LogP contribution in [0.5, 0.6) is 0 Å². The maximum atomic E-state index is 3.99. The van der Waals surface area contributed by atoms with Crippen LogP contribution in [0.1, 0.15) is 25.7 Å². The molecular formula is C9H16ClN. The lowest BCUT2D eigenvalue weighted by atomic mass is 9.61. The molecule has 64 valence electrons. The topological polar surface area (TPSA) is 12.0 Å². The third-order valence-corrected chi connectivity index (χ3v) is 2.91. The first-order valence-corrected chi connectivity index (χ1v) is 4.18. The van der Waals surface area contributed by atoms with Gasteiger partial charge < -0.3 is 5.32 Å². The number of hydrogen-bond acceptors (Lipinski definition) is 1. The SMILES string of the molecule is C=C1CC2(CCNCC2)C1.Cl. The molecule has 0 aromatic heterocycles. The highest BCUT2D eigenvalue weighted by Gasteiger charge is 2.39. The molecule has 2 heteroatoms. The monoisotopic (exact) mass is 173 g/mol. The molecular weight excluding hydrogens is 158 g/mol. The lowest BCUT2D eigenvalue weighted by molar-refractivity contribution is 0.142. The van der Waals surface area contributed by atoms with E-state index in [-0.39, 0.29) is 12.4 Å². The first kappa shape index (κ1) is 9.08. The van der Waals surface area contributed by atoms with Crippen molar-refractivity contribution >= 4 is 12.4 Å². The number of rotatable bonds is 0. The Labute approximate surface area is 74.7 Å². The molecule has 0 atom stereocenters. The van der Waals surface area contributed by atoms with Gasteiger partial charge >= 0.3 is 0 Å². The van der Waals surface area contributed by atoms with Crippen LogP contribution in [0.25, 0.3) is 0 Å². The first-order valence-electron chi connectivity index (χ1n) is 4.18. The van der Waals surface area contributed by atoms with Gasteiger partial charge in [0, 0.05) is 0 Å². The van der Waals surface area contributed by atoms with E-state index in [1.54, 1.807) is 0 Å². The van der Waals surface area contributed by atoms with Crippen molar-refractivity contribution in [2.75, 3.05) is 13.1 Å². The zero-order valence-corrected chi connectivity index (χ0v) is 7.67. The van der Waals surface area contributed by atoms with Gasteiger partial charge in [0.05, 0.1) is 0 Å². The predicted octanol–water partition coefficient (Wildman–Crippen LogP) is 2.13. The lowest BCUT2D eigenvalue weighted by Crippen LogP contribution is -2.41. The molecule has 0 unspecified atom stereocenters. The molecule has 1 heterocycles. The Balaban J connectivity index is 0.000000605. The van der Waals surface area contributed by atoms with Gasteiger partial charge in [-0.2, -0.15) is 0 Å². The lowest BCUT2D eigenvalue weighted by Gasteiger charge is -2.46. The summed E-state index contributed by atoms with van der Waals surface area (Å²) in [5.41, 5.74) is 2.18. The predicted molar refractivity (Wildman–Crippen MR) is 50.2 cm³/mol. The summed E-state index contributed by atoms with van der Waals surface area (Å²) < 4.78 is 0. The van der Waals surface area contributed by atoms with E-state index >= 15 is 0 Å². The van der Waals surface area contributed by atoms with E-state index in [1.165, 1.54) is 44.3 Å². The largest absolute Gasteiger partial charge is 0.317 e. The van der Waals surface area contributed by atoms with Gasteiger partial charge in [-0.15, -0.1) is 12.4 Å². The molecule has 2 aliphatic rings. The second kappa shape index (κ2) is 3.16. The molecule has 0 aromatic carbocycles. The maximum absolute atomic E-state index is 3.99. The minimum absolute atomic E-state index is 0. The quantitative estimate of drug-likeness (QED) is 0.554. The van der Waals surface area contributed by atoms with Crippen molar-refractivity contribution in [2.45, 2.75) is 25.7 Å². The molecule has 11 heavy (non-hydrogen) atoms. The van der Waals surface area contributed by atoms with Crippen LogP contribution in [-0.4, -0.2) is 13.1 Å². The Morgan fingerprint density at radius 1 is 1.18 bits per heavy atom. The van der Waals surface area contributed by atoms with Crippen LogP contribution in [0, 0.1) is 5.41 Å². The Morgan fingerprint density at radius 3 is 2.18 bits per heavy atom. The van der Waals surface area contributed by atoms with Crippen LogP contribution in [0.2, 0.25) is 0 Å². The summed E-state index contributed by atoms with van der Waals surface area (Å²) in [6, 6.07) is 0. The molecule has 1 saturated heterocycles. The fourth-order valence-electron chi connectivity index (χ4n) is 2.32. The van der Waals surface area contributed by atoms with E-state index in [2.05, 4.69) is 11.9 Å². The van der Waals surface area contributed by atoms with Crippen molar-refractivity contribution in [1.29, 1.82) is 0 Å². The summed E-state index contributed by atoms with van der Waals surface area (Å²) in [5, 5.41) is 3.39. The molecule has 1 aliphatic carbocycles. The smallest absolute Gasteiger partial charge is 0.00434 e. The van der Waals surface area contributed by atoms with Crippen LogP contribution in [0.15, 0.2) is 12.2 Å². The molecule has 0 radical (unpaired) electrons. The Kier molecular flexibility index (Phi) is 2.61. The summed E-state index contributed by atoms with van der Waals surface area (Å²) in [6.07, 6.45) is 5.39. The number of nitrogens with one attached hydrogen (secondary N) is 1. The second-order valence-corrected chi connectivity index (χ2v) is 3.85. The van der Waals surface area contributed by atoms with Crippen molar-refractivity contribution in [3.63, 3.8) is 0 Å². The van der Waals surface area contributed by atoms with E-state index in [4.69, 9.17) is 0 Å². The minimum atomic E-state index is 0. The van der Waals surface area contributed by atoms with Crippen LogP contribution < -0.4 is 5.32 Å². The zero-order chi connectivity index (χ0) is 7.03. The summed E-state index contributed by atoms with van der Waals surface area (Å²) >= 11 is 0. The Morgan fingerprint density at radius 2 is 1.73 bits per heavy atom. The summed E-state index contributed by atoms with van der Waals surface area (Å²) in [7, 11) is 0. The molecule has 2 rings (SSSR count). The second-order valence-electron chi connectivity index (χ2n) is 3.85. The summed E-state index contributed by atoms with van der Waals surface area (Å²) in [5.74, 6) is 0. The maximum Gasteiger partial charge on any atom is -0.00434 e. The standard InChI is InChI=1S/C9H15N.ClH/c1-8-6-9(7-8)2-4-10-5-3-9;/h10H,1-7H2;1H. The Bertz CT molecular complexity index is 149. The van der Waals surface area contributed by atoms with Crippen LogP contribution >= 0.6 is 12.4 Å². The third kappa shape index (κ3) is 1.60. The molecule has 1 spiro atoms. The van der Waals surface area contributed by atoms with Crippen LogP contribution in [0.3, 0.4) is 0 Å². The molecule has 0 bridgehead atoms.